The van der Waals surface area contributed by atoms with Crippen LogP contribution >= 0.6 is 0 Å². The Kier molecular flexibility index (Phi) is 4.78. The maximum atomic E-state index is 12.5. The van der Waals surface area contributed by atoms with Crippen molar-refractivity contribution in [2.24, 2.45) is 0 Å². The molecule has 1 aliphatic heterocycles. The molecule has 1 fully saturated rings. The van der Waals surface area contributed by atoms with E-state index in [0.717, 1.165) is 25.2 Å². The van der Waals surface area contributed by atoms with Crippen molar-refractivity contribution in [1.29, 1.82) is 5.26 Å². The first-order chi connectivity index (χ1) is 11.7. The van der Waals surface area contributed by atoms with Gasteiger partial charge < -0.3 is 10.0 Å². The van der Waals surface area contributed by atoms with Crippen LogP contribution in [0.5, 0.6) is 5.75 Å². The van der Waals surface area contributed by atoms with E-state index in [1.165, 1.54) is 6.07 Å². The molecule has 0 spiro atoms. The van der Waals surface area contributed by atoms with Crippen LogP contribution in [0.15, 0.2) is 48.5 Å². The van der Waals surface area contributed by atoms with E-state index in [-0.39, 0.29) is 11.7 Å². The molecule has 1 N–H and O–H groups in total. The highest BCUT2D eigenvalue weighted by Crippen LogP contribution is 2.19. The number of carbonyl (C=O) groups excluding carboxylic acids is 1. The van der Waals surface area contributed by atoms with Crippen LogP contribution in [0.4, 0.5) is 0 Å². The summed E-state index contributed by atoms with van der Waals surface area (Å²) in [5.74, 6) is -0.0892. The van der Waals surface area contributed by atoms with E-state index in [4.69, 9.17) is 5.26 Å². The molecule has 1 amide bonds. The summed E-state index contributed by atoms with van der Waals surface area (Å²) in [5.41, 5.74) is 2.18. The third-order valence-corrected chi connectivity index (χ3v) is 4.28. The molecule has 5 heteroatoms. The summed E-state index contributed by atoms with van der Waals surface area (Å²) in [6.07, 6.45) is 0. The van der Waals surface area contributed by atoms with Crippen molar-refractivity contribution in [2.75, 3.05) is 26.2 Å². The highest BCUT2D eigenvalue weighted by atomic mass is 16.3. The number of nitriles is 1. The lowest BCUT2D eigenvalue weighted by Crippen LogP contribution is -2.48. The molecule has 122 valence electrons. The fraction of sp³-hybridized carbons (Fsp3) is 0.263. The number of benzene rings is 2. The summed E-state index contributed by atoms with van der Waals surface area (Å²) in [4.78, 5) is 16.5. The summed E-state index contributed by atoms with van der Waals surface area (Å²) in [5, 5.41) is 18.6. The van der Waals surface area contributed by atoms with Gasteiger partial charge in [0.15, 0.2) is 0 Å². The molecule has 0 aromatic heterocycles. The average molecular weight is 321 g/mol. The van der Waals surface area contributed by atoms with Gasteiger partial charge >= 0.3 is 0 Å². The third-order valence-electron chi connectivity index (χ3n) is 4.28. The molecular weight excluding hydrogens is 302 g/mol. The summed E-state index contributed by atoms with van der Waals surface area (Å²) >= 11 is 0. The molecule has 5 nitrogen and oxygen atoms in total. The zero-order chi connectivity index (χ0) is 16.9. The van der Waals surface area contributed by atoms with Crippen LogP contribution in [-0.2, 0) is 6.54 Å². The highest BCUT2D eigenvalue weighted by Gasteiger charge is 2.23. The second-order valence-electron chi connectivity index (χ2n) is 5.89. The number of nitrogens with zero attached hydrogens (tertiary/aromatic N) is 3. The molecule has 0 aliphatic carbocycles. The number of rotatable bonds is 3. The van der Waals surface area contributed by atoms with Gasteiger partial charge in [0.25, 0.3) is 5.91 Å². The van der Waals surface area contributed by atoms with Gasteiger partial charge in [-0.05, 0) is 29.8 Å². The van der Waals surface area contributed by atoms with Gasteiger partial charge in [-0.2, -0.15) is 5.26 Å². The maximum Gasteiger partial charge on any atom is 0.257 e. The van der Waals surface area contributed by atoms with E-state index < -0.39 is 0 Å². The minimum absolute atomic E-state index is 0.0301. The van der Waals surface area contributed by atoms with Crippen molar-refractivity contribution < 1.29 is 9.90 Å². The predicted octanol–water partition coefficient (Wildman–Crippen LogP) is 2.22. The van der Waals surface area contributed by atoms with E-state index in [1.807, 2.05) is 24.3 Å². The zero-order valence-electron chi connectivity index (χ0n) is 13.4. The molecule has 1 heterocycles. The van der Waals surface area contributed by atoms with Crippen molar-refractivity contribution in [3.8, 4) is 11.8 Å². The minimum Gasteiger partial charge on any atom is -0.507 e. The van der Waals surface area contributed by atoms with Crippen molar-refractivity contribution in [3.63, 3.8) is 0 Å². The average Bonchev–Trinajstić information content (AvgIpc) is 2.63. The van der Waals surface area contributed by atoms with Gasteiger partial charge in [-0.3, -0.25) is 9.69 Å². The fourth-order valence-corrected chi connectivity index (χ4v) is 2.88. The van der Waals surface area contributed by atoms with Crippen LogP contribution in [0, 0.1) is 11.3 Å². The minimum atomic E-state index is -0.119. The lowest BCUT2D eigenvalue weighted by Gasteiger charge is -2.34. The molecule has 0 atom stereocenters. The van der Waals surface area contributed by atoms with Gasteiger partial charge in [-0.15, -0.1) is 0 Å². The maximum absolute atomic E-state index is 12.5. The van der Waals surface area contributed by atoms with Crippen molar-refractivity contribution in [3.05, 3.63) is 65.2 Å². The van der Waals surface area contributed by atoms with Crippen LogP contribution in [-0.4, -0.2) is 47.0 Å². The van der Waals surface area contributed by atoms with Crippen molar-refractivity contribution in [2.45, 2.75) is 6.54 Å². The molecule has 3 rings (SSSR count). The first-order valence-electron chi connectivity index (χ1n) is 7.96. The lowest BCUT2D eigenvalue weighted by molar-refractivity contribution is 0.0625. The lowest BCUT2D eigenvalue weighted by atomic mass is 10.1. The quantitative estimate of drug-likeness (QED) is 0.941. The molecule has 1 saturated heterocycles. The van der Waals surface area contributed by atoms with Crippen molar-refractivity contribution in [1.82, 2.24) is 9.80 Å². The zero-order valence-corrected chi connectivity index (χ0v) is 13.4. The van der Waals surface area contributed by atoms with Gasteiger partial charge in [0.1, 0.15) is 5.75 Å². The Morgan fingerprint density at radius 3 is 2.33 bits per heavy atom. The number of piperazine rings is 1. The van der Waals surface area contributed by atoms with Crippen LogP contribution in [0.1, 0.15) is 21.5 Å². The second kappa shape index (κ2) is 7.16. The molecule has 24 heavy (non-hydrogen) atoms. The Hall–Kier alpha value is -2.84. The van der Waals surface area contributed by atoms with Gasteiger partial charge in [-0.1, -0.05) is 24.3 Å². The summed E-state index contributed by atoms with van der Waals surface area (Å²) in [6.45, 7) is 3.68. The van der Waals surface area contributed by atoms with Gasteiger partial charge in [0, 0.05) is 32.7 Å². The Morgan fingerprint density at radius 1 is 1.04 bits per heavy atom. The SMILES string of the molecule is N#Cc1ccc(CN2CCN(C(=O)c3ccccc3O)CC2)cc1. The topological polar surface area (TPSA) is 67.6 Å². The Balaban J connectivity index is 1.56. The van der Waals surface area contributed by atoms with Crippen LogP contribution < -0.4 is 0 Å². The van der Waals surface area contributed by atoms with E-state index >= 15 is 0 Å². The molecule has 2 aromatic rings. The van der Waals surface area contributed by atoms with Gasteiger partial charge in [-0.25, -0.2) is 0 Å². The van der Waals surface area contributed by atoms with Crippen LogP contribution in [0.25, 0.3) is 0 Å². The summed E-state index contributed by atoms with van der Waals surface area (Å²) in [7, 11) is 0. The molecule has 0 saturated carbocycles. The molecule has 2 aromatic carbocycles. The van der Waals surface area contributed by atoms with E-state index in [2.05, 4.69) is 11.0 Å². The smallest absolute Gasteiger partial charge is 0.257 e. The van der Waals surface area contributed by atoms with E-state index in [0.29, 0.717) is 24.2 Å². The second-order valence-corrected chi connectivity index (χ2v) is 5.89. The Labute approximate surface area is 141 Å². The predicted molar refractivity (Wildman–Crippen MR) is 90.4 cm³/mol. The van der Waals surface area contributed by atoms with Gasteiger partial charge in [0.2, 0.25) is 0 Å². The summed E-state index contributed by atoms with van der Waals surface area (Å²) in [6, 6.07) is 16.4. The summed E-state index contributed by atoms with van der Waals surface area (Å²) < 4.78 is 0. The number of aromatic hydroxyl groups is 1. The molecule has 0 unspecified atom stereocenters. The van der Waals surface area contributed by atoms with E-state index in [9.17, 15) is 9.90 Å². The van der Waals surface area contributed by atoms with Crippen LogP contribution in [0.3, 0.4) is 0 Å². The third kappa shape index (κ3) is 3.55. The number of phenolic OH excluding ortho intramolecular Hbond substituents is 1. The molecule has 0 radical (unpaired) electrons. The molecule has 1 aliphatic rings. The number of para-hydroxylation sites is 1. The standard InChI is InChI=1S/C19H19N3O2/c20-13-15-5-7-16(8-6-15)14-21-9-11-22(12-10-21)19(24)17-3-1-2-4-18(17)23/h1-8,23H,9-12,14H2. The largest absolute Gasteiger partial charge is 0.507 e. The number of amides is 1. The number of hydrogen-bond donors (Lipinski definition) is 1. The Morgan fingerprint density at radius 2 is 1.71 bits per heavy atom. The fourth-order valence-electron chi connectivity index (χ4n) is 2.88. The van der Waals surface area contributed by atoms with E-state index in [1.54, 1.807) is 23.1 Å². The first kappa shape index (κ1) is 16.0. The van der Waals surface area contributed by atoms with Crippen LogP contribution in [0.2, 0.25) is 0 Å². The number of carbonyl (C=O) groups is 1. The number of hydrogen-bond acceptors (Lipinski definition) is 4. The number of phenols is 1. The molecule has 0 bridgehead atoms. The normalized spacial score (nSPS) is 15.0. The van der Waals surface area contributed by atoms with Gasteiger partial charge in [0.05, 0.1) is 17.2 Å². The Bertz CT molecular complexity index is 757. The molecular formula is C19H19N3O2. The van der Waals surface area contributed by atoms with Crippen molar-refractivity contribution >= 4 is 5.91 Å². The first-order valence-corrected chi connectivity index (χ1v) is 7.96. The highest BCUT2D eigenvalue weighted by molar-refractivity contribution is 5.96. The monoisotopic (exact) mass is 321 g/mol.